The average Bonchev–Trinajstić information content (AvgIpc) is 3.03. The van der Waals surface area contributed by atoms with Crippen LogP contribution < -0.4 is 4.90 Å². The van der Waals surface area contributed by atoms with Crippen molar-refractivity contribution in [3.05, 3.63) is 23.1 Å². The van der Waals surface area contributed by atoms with E-state index in [1.807, 2.05) is 0 Å². The molecule has 0 aliphatic carbocycles. The van der Waals surface area contributed by atoms with Gasteiger partial charge in [-0.15, -0.1) is 11.3 Å². The van der Waals surface area contributed by atoms with Crippen molar-refractivity contribution in [3.8, 4) is 0 Å². The van der Waals surface area contributed by atoms with Crippen molar-refractivity contribution in [3.63, 3.8) is 0 Å². The Labute approximate surface area is 164 Å². The zero-order chi connectivity index (χ0) is 19.2. The van der Waals surface area contributed by atoms with E-state index in [9.17, 15) is 0 Å². The van der Waals surface area contributed by atoms with Gasteiger partial charge in [-0.3, -0.25) is 0 Å². The lowest BCUT2D eigenvalue weighted by molar-refractivity contribution is -0.0401. The molecule has 3 aromatic heterocycles. The fourth-order valence-corrected chi connectivity index (χ4v) is 5.15. The molecule has 27 heavy (non-hydrogen) atoms. The molecule has 0 atom stereocenters. The van der Waals surface area contributed by atoms with E-state index < -0.39 is 0 Å². The third kappa shape index (κ3) is 3.19. The van der Waals surface area contributed by atoms with Crippen molar-refractivity contribution in [1.29, 1.82) is 0 Å². The fraction of sp³-hybridized carbons (Fsp3) is 0.571. The molecule has 144 valence electrons. The summed E-state index contributed by atoms with van der Waals surface area (Å²) in [7, 11) is 2.12. The van der Waals surface area contributed by atoms with Crippen LogP contribution in [-0.2, 0) is 24.2 Å². The Balaban J connectivity index is 1.97. The molecule has 4 heterocycles. The Morgan fingerprint density at radius 1 is 1.22 bits per heavy atom. The van der Waals surface area contributed by atoms with Crippen LogP contribution in [0.25, 0.3) is 20.4 Å². The third-order valence-corrected chi connectivity index (χ3v) is 6.51. The van der Waals surface area contributed by atoms with Crippen LogP contribution in [0.15, 0.2) is 6.33 Å². The molecule has 0 saturated heterocycles. The number of unbranched alkanes of at least 4 members (excludes halogenated alkanes) is 1. The first kappa shape index (κ1) is 18.6. The van der Waals surface area contributed by atoms with Crippen LogP contribution in [-0.4, -0.2) is 34.1 Å². The van der Waals surface area contributed by atoms with Crippen molar-refractivity contribution in [2.75, 3.05) is 18.5 Å². The molecule has 0 saturated carbocycles. The summed E-state index contributed by atoms with van der Waals surface area (Å²) in [5.41, 5.74) is 4.69. The van der Waals surface area contributed by atoms with Gasteiger partial charge in [0.25, 0.3) is 0 Å². The molecular formula is C21H28N4OS. The summed E-state index contributed by atoms with van der Waals surface area (Å²) >= 11 is 1.73. The Kier molecular flexibility index (Phi) is 4.80. The topological polar surface area (TPSA) is 51.1 Å². The van der Waals surface area contributed by atoms with E-state index in [4.69, 9.17) is 14.7 Å². The van der Waals surface area contributed by atoms with Crippen LogP contribution in [0.1, 0.15) is 57.4 Å². The van der Waals surface area contributed by atoms with Gasteiger partial charge in [-0.05, 0) is 32.3 Å². The molecule has 0 spiro atoms. The van der Waals surface area contributed by atoms with E-state index in [-0.39, 0.29) is 5.60 Å². The number of nitrogens with zero attached hydrogens (tertiary/aromatic N) is 4. The van der Waals surface area contributed by atoms with Crippen LogP contribution in [0.3, 0.4) is 0 Å². The van der Waals surface area contributed by atoms with E-state index in [0.717, 1.165) is 52.4 Å². The minimum Gasteiger partial charge on any atom is -0.370 e. The maximum Gasteiger partial charge on any atom is 0.149 e. The number of fused-ring (bicyclic) bond motifs is 5. The maximum atomic E-state index is 6.10. The van der Waals surface area contributed by atoms with E-state index >= 15 is 0 Å². The molecule has 0 radical (unpaired) electrons. The third-order valence-electron chi connectivity index (χ3n) is 5.44. The van der Waals surface area contributed by atoms with Gasteiger partial charge in [-0.1, -0.05) is 20.3 Å². The number of aryl methyl sites for hydroxylation is 1. The summed E-state index contributed by atoms with van der Waals surface area (Å²) in [6, 6.07) is 0. The van der Waals surface area contributed by atoms with E-state index in [1.54, 1.807) is 17.7 Å². The minimum absolute atomic E-state index is 0.158. The highest BCUT2D eigenvalue weighted by atomic mass is 32.1. The van der Waals surface area contributed by atoms with Crippen molar-refractivity contribution in [1.82, 2.24) is 15.0 Å². The monoisotopic (exact) mass is 384 g/mol. The molecular weight excluding hydrogens is 356 g/mol. The highest BCUT2D eigenvalue weighted by Crippen LogP contribution is 2.42. The van der Waals surface area contributed by atoms with E-state index in [0.29, 0.717) is 6.61 Å². The first-order valence-electron chi connectivity index (χ1n) is 9.88. The molecule has 4 rings (SSSR count). The molecule has 5 nitrogen and oxygen atoms in total. The summed E-state index contributed by atoms with van der Waals surface area (Å²) < 4.78 is 7.25. The van der Waals surface area contributed by atoms with Gasteiger partial charge >= 0.3 is 0 Å². The van der Waals surface area contributed by atoms with Crippen molar-refractivity contribution >= 4 is 37.6 Å². The van der Waals surface area contributed by atoms with Crippen LogP contribution in [0.4, 0.5) is 5.82 Å². The Morgan fingerprint density at radius 3 is 2.78 bits per heavy atom. The van der Waals surface area contributed by atoms with E-state index in [2.05, 4.69) is 44.6 Å². The summed E-state index contributed by atoms with van der Waals surface area (Å²) in [4.78, 5) is 17.7. The highest BCUT2D eigenvalue weighted by Gasteiger charge is 2.31. The van der Waals surface area contributed by atoms with Crippen LogP contribution in [0, 0.1) is 0 Å². The number of hydrogen-bond acceptors (Lipinski definition) is 6. The minimum atomic E-state index is -0.158. The lowest BCUT2D eigenvalue weighted by atomic mass is 9.89. The van der Waals surface area contributed by atoms with Gasteiger partial charge in [-0.2, -0.15) is 0 Å². The molecule has 1 aliphatic heterocycles. The predicted molar refractivity (Wildman–Crippen MR) is 113 cm³/mol. The summed E-state index contributed by atoms with van der Waals surface area (Å²) in [5, 5.41) is 1.21. The molecule has 0 unspecified atom stereocenters. The van der Waals surface area contributed by atoms with Gasteiger partial charge < -0.3 is 9.64 Å². The number of thiophene rings is 1. The standard InChI is InChI=1S/C21H28N4OS/c1-6-8-9-25(5)19-18-17(22-12-23-19)16-13-10-21(3,4)26-11-14(13)15(7-2)24-20(16)27-18/h12H,6-11H2,1-5H3. The Bertz CT molecular complexity index is 995. The molecule has 0 amide bonds. The zero-order valence-corrected chi connectivity index (χ0v) is 17.7. The molecule has 0 N–H and O–H groups in total. The molecule has 1 aliphatic rings. The SMILES string of the molecule is CCCCN(C)c1ncnc2c1sc1nc(CC)c3c(c12)CC(C)(C)OC3. The number of rotatable bonds is 5. The van der Waals surface area contributed by atoms with Crippen LogP contribution >= 0.6 is 11.3 Å². The maximum absolute atomic E-state index is 6.10. The summed E-state index contributed by atoms with van der Waals surface area (Å²) in [5.74, 6) is 1.02. The largest absolute Gasteiger partial charge is 0.370 e. The molecule has 0 fully saturated rings. The highest BCUT2D eigenvalue weighted by molar-refractivity contribution is 7.26. The normalized spacial score (nSPS) is 16.0. The molecule has 6 heteroatoms. The Hall–Kier alpha value is -1.79. The van der Waals surface area contributed by atoms with E-state index in [1.165, 1.54) is 22.9 Å². The quantitative estimate of drug-likeness (QED) is 0.627. The average molecular weight is 385 g/mol. The molecule has 0 bridgehead atoms. The molecule has 0 aromatic carbocycles. The second kappa shape index (κ2) is 6.99. The second-order valence-corrected chi connectivity index (χ2v) is 9.03. The van der Waals surface area contributed by atoms with Gasteiger partial charge in [-0.25, -0.2) is 15.0 Å². The van der Waals surface area contributed by atoms with Crippen LogP contribution in [0.2, 0.25) is 0 Å². The lowest BCUT2D eigenvalue weighted by Crippen LogP contribution is -2.32. The first-order valence-corrected chi connectivity index (χ1v) is 10.7. The number of hydrogen-bond donors (Lipinski definition) is 0. The first-order chi connectivity index (χ1) is 12.9. The van der Waals surface area contributed by atoms with Crippen molar-refractivity contribution in [2.45, 2.75) is 65.6 Å². The Morgan fingerprint density at radius 2 is 2.04 bits per heavy atom. The van der Waals surface area contributed by atoms with Gasteiger partial charge in [0, 0.05) is 36.7 Å². The summed E-state index contributed by atoms with van der Waals surface area (Å²) in [6.45, 7) is 10.4. The number of pyridine rings is 1. The number of anilines is 1. The van der Waals surface area contributed by atoms with Crippen molar-refractivity contribution in [2.24, 2.45) is 0 Å². The second-order valence-electron chi connectivity index (χ2n) is 8.03. The van der Waals surface area contributed by atoms with Crippen molar-refractivity contribution < 1.29 is 4.74 Å². The van der Waals surface area contributed by atoms with Gasteiger partial charge in [0.2, 0.25) is 0 Å². The number of ether oxygens (including phenoxy) is 1. The zero-order valence-electron chi connectivity index (χ0n) is 16.9. The number of aromatic nitrogens is 3. The molecule has 3 aromatic rings. The predicted octanol–water partition coefficient (Wildman–Crippen LogP) is 4.89. The lowest BCUT2D eigenvalue weighted by Gasteiger charge is -2.33. The van der Waals surface area contributed by atoms with Crippen LogP contribution in [0.5, 0.6) is 0 Å². The fourth-order valence-electron chi connectivity index (χ4n) is 3.93. The smallest absolute Gasteiger partial charge is 0.149 e. The van der Waals surface area contributed by atoms with Gasteiger partial charge in [0.15, 0.2) is 0 Å². The van der Waals surface area contributed by atoms with Gasteiger partial charge in [0.05, 0.1) is 22.4 Å². The summed E-state index contributed by atoms with van der Waals surface area (Å²) in [6.07, 6.45) is 5.86. The van der Waals surface area contributed by atoms with Gasteiger partial charge in [0.1, 0.15) is 17.0 Å².